The van der Waals surface area contributed by atoms with Crippen LogP contribution < -0.4 is 15.4 Å². The lowest BCUT2D eigenvalue weighted by atomic mass is 10.2. The molecule has 2 rings (SSSR count). The predicted octanol–water partition coefficient (Wildman–Crippen LogP) is 3.75. The van der Waals surface area contributed by atoms with Gasteiger partial charge in [0.25, 0.3) is 0 Å². The van der Waals surface area contributed by atoms with Crippen molar-refractivity contribution in [2.75, 3.05) is 19.1 Å². The van der Waals surface area contributed by atoms with E-state index in [0.717, 1.165) is 17.1 Å². The molecule has 0 aliphatic carbocycles. The van der Waals surface area contributed by atoms with E-state index in [1.807, 2.05) is 54.4 Å². The van der Waals surface area contributed by atoms with Crippen molar-refractivity contribution in [2.45, 2.75) is 0 Å². The molecule has 0 saturated carbocycles. The van der Waals surface area contributed by atoms with E-state index in [1.165, 1.54) is 0 Å². The Kier molecular flexibility index (Phi) is 4.47. The van der Waals surface area contributed by atoms with Crippen molar-refractivity contribution in [3.8, 4) is 5.75 Å². The van der Waals surface area contributed by atoms with Crippen LogP contribution in [0.3, 0.4) is 0 Å². The van der Waals surface area contributed by atoms with Gasteiger partial charge in [-0.25, -0.2) is 0 Å². The Labute approximate surface area is 128 Å². The number of halogens is 1. The van der Waals surface area contributed by atoms with E-state index in [-0.39, 0.29) is 0 Å². The minimum Gasteiger partial charge on any atom is -0.497 e. The third-order valence-electron chi connectivity index (χ3n) is 3.07. The van der Waals surface area contributed by atoms with Crippen molar-refractivity contribution in [2.24, 2.45) is 5.73 Å². The number of rotatable bonds is 4. The molecule has 0 saturated heterocycles. The summed E-state index contributed by atoms with van der Waals surface area (Å²) in [6.07, 6.45) is 0. The Morgan fingerprint density at radius 2 is 1.75 bits per heavy atom. The topological polar surface area (TPSA) is 38.5 Å². The van der Waals surface area contributed by atoms with Crippen molar-refractivity contribution >= 4 is 40.2 Å². The van der Waals surface area contributed by atoms with E-state index in [9.17, 15) is 0 Å². The van der Waals surface area contributed by atoms with Gasteiger partial charge in [-0.15, -0.1) is 0 Å². The summed E-state index contributed by atoms with van der Waals surface area (Å²) in [6.45, 7) is 0. The average Bonchev–Trinajstić information content (AvgIpc) is 2.46. The molecule has 0 amide bonds. The Morgan fingerprint density at radius 3 is 2.25 bits per heavy atom. The van der Waals surface area contributed by atoms with Crippen molar-refractivity contribution in [1.29, 1.82) is 0 Å². The minimum absolute atomic E-state index is 0.300. The standard InChI is InChI=1S/C15H15ClN2OS/c1-18(10-3-6-12(19-2)7-4-10)11-5-8-13(15(17)20)14(16)9-11/h3-9H,1-2H3,(H2,17,20). The van der Waals surface area contributed by atoms with Crippen molar-refractivity contribution < 1.29 is 4.74 Å². The first-order valence-electron chi connectivity index (χ1n) is 6.00. The van der Waals surface area contributed by atoms with Gasteiger partial charge in [0.1, 0.15) is 10.7 Å². The second kappa shape index (κ2) is 6.11. The van der Waals surface area contributed by atoms with Gasteiger partial charge in [0.05, 0.1) is 12.1 Å². The van der Waals surface area contributed by atoms with Crippen molar-refractivity contribution in [1.82, 2.24) is 0 Å². The molecule has 0 aliphatic rings. The van der Waals surface area contributed by atoms with E-state index in [4.69, 9.17) is 34.3 Å². The Hall–Kier alpha value is -1.78. The second-order valence-corrected chi connectivity index (χ2v) is 5.13. The minimum atomic E-state index is 0.300. The predicted molar refractivity (Wildman–Crippen MR) is 88.4 cm³/mol. The molecule has 2 N–H and O–H groups in total. The summed E-state index contributed by atoms with van der Waals surface area (Å²) in [5.74, 6) is 0.823. The lowest BCUT2D eigenvalue weighted by molar-refractivity contribution is 0.415. The zero-order chi connectivity index (χ0) is 14.7. The third-order valence-corrected chi connectivity index (χ3v) is 3.60. The number of nitrogens with two attached hydrogens (primary N) is 1. The molecular formula is C15H15ClN2OS. The van der Waals surface area contributed by atoms with Crippen molar-refractivity contribution in [3.05, 3.63) is 53.1 Å². The van der Waals surface area contributed by atoms with E-state index < -0.39 is 0 Å². The molecule has 0 bridgehead atoms. The Morgan fingerprint density at radius 1 is 1.15 bits per heavy atom. The van der Waals surface area contributed by atoms with Crippen LogP contribution in [0.25, 0.3) is 0 Å². The fourth-order valence-corrected chi connectivity index (χ4v) is 2.38. The summed E-state index contributed by atoms with van der Waals surface area (Å²) >= 11 is 11.1. The first-order chi connectivity index (χ1) is 9.52. The fraction of sp³-hybridized carbons (Fsp3) is 0.133. The van der Waals surface area contributed by atoms with Crippen LogP contribution in [0.5, 0.6) is 5.75 Å². The summed E-state index contributed by atoms with van der Waals surface area (Å²) in [7, 11) is 3.61. The average molecular weight is 307 g/mol. The largest absolute Gasteiger partial charge is 0.497 e. The number of nitrogens with zero attached hydrogens (tertiary/aromatic N) is 1. The molecule has 3 nitrogen and oxygen atoms in total. The van der Waals surface area contributed by atoms with Gasteiger partial charge >= 0.3 is 0 Å². The van der Waals surface area contributed by atoms with Crippen LogP contribution in [0.2, 0.25) is 5.02 Å². The molecule has 0 radical (unpaired) electrons. The Bertz CT molecular complexity index is 628. The highest BCUT2D eigenvalue weighted by Crippen LogP contribution is 2.29. The molecule has 0 unspecified atom stereocenters. The lowest BCUT2D eigenvalue weighted by Crippen LogP contribution is -2.12. The van der Waals surface area contributed by atoms with Crippen LogP contribution in [0.15, 0.2) is 42.5 Å². The third kappa shape index (κ3) is 3.03. The van der Waals surface area contributed by atoms with E-state index in [2.05, 4.69) is 0 Å². The van der Waals surface area contributed by atoms with Gasteiger partial charge in [-0.05, 0) is 42.5 Å². The number of methoxy groups -OCH3 is 1. The summed E-state index contributed by atoms with van der Waals surface area (Å²) in [6, 6.07) is 13.4. The molecule has 2 aromatic rings. The smallest absolute Gasteiger partial charge is 0.119 e. The number of benzene rings is 2. The van der Waals surface area contributed by atoms with Crippen LogP contribution in [-0.4, -0.2) is 19.1 Å². The summed E-state index contributed by atoms with van der Waals surface area (Å²) < 4.78 is 5.15. The first kappa shape index (κ1) is 14.6. The van der Waals surface area contributed by atoms with Crippen LogP contribution in [0, 0.1) is 0 Å². The van der Waals surface area contributed by atoms with Gasteiger partial charge in [0, 0.05) is 24.0 Å². The molecule has 0 heterocycles. The zero-order valence-electron chi connectivity index (χ0n) is 11.3. The second-order valence-electron chi connectivity index (χ2n) is 4.29. The first-order valence-corrected chi connectivity index (χ1v) is 6.78. The zero-order valence-corrected chi connectivity index (χ0v) is 12.8. The summed E-state index contributed by atoms with van der Waals surface area (Å²) in [5, 5.41) is 0.551. The maximum absolute atomic E-state index is 6.19. The number of anilines is 2. The van der Waals surface area contributed by atoms with Gasteiger partial charge in [0.2, 0.25) is 0 Å². The van der Waals surface area contributed by atoms with Gasteiger partial charge < -0.3 is 15.4 Å². The molecular weight excluding hydrogens is 292 g/mol. The number of hydrogen-bond acceptors (Lipinski definition) is 3. The van der Waals surface area contributed by atoms with E-state index in [1.54, 1.807) is 7.11 Å². The number of hydrogen-bond donors (Lipinski definition) is 1. The fourth-order valence-electron chi connectivity index (χ4n) is 1.87. The molecule has 20 heavy (non-hydrogen) atoms. The van der Waals surface area contributed by atoms with Crippen LogP contribution in [-0.2, 0) is 0 Å². The highest BCUT2D eigenvalue weighted by atomic mass is 35.5. The maximum atomic E-state index is 6.19. The summed E-state index contributed by atoms with van der Waals surface area (Å²) in [4.78, 5) is 2.32. The van der Waals surface area contributed by atoms with Gasteiger partial charge in [0.15, 0.2) is 0 Å². The van der Waals surface area contributed by atoms with Crippen LogP contribution in [0.1, 0.15) is 5.56 Å². The van der Waals surface area contributed by atoms with Crippen LogP contribution >= 0.6 is 23.8 Å². The van der Waals surface area contributed by atoms with E-state index in [0.29, 0.717) is 15.6 Å². The summed E-state index contributed by atoms with van der Waals surface area (Å²) in [5.41, 5.74) is 8.28. The maximum Gasteiger partial charge on any atom is 0.119 e. The normalized spacial score (nSPS) is 10.2. The number of ether oxygens (including phenoxy) is 1. The molecule has 5 heteroatoms. The monoisotopic (exact) mass is 306 g/mol. The Balaban J connectivity index is 2.30. The molecule has 0 aromatic heterocycles. The molecule has 2 aromatic carbocycles. The highest BCUT2D eigenvalue weighted by Gasteiger charge is 2.08. The lowest BCUT2D eigenvalue weighted by Gasteiger charge is -2.20. The number of thiocarbonyl (C=S) groups is 1. The highest BCUT2D eigenvalue weighted by molar-refractivity contribution is 7.80. The van der Waals surface area contributed by atoms with Crippen molar-refractivity contribution in [3.63, 3.8) is 0 Å². The van der Waals surface area contributed by atoms with Crippen LogP contribution in [0.4, 0.5) is 11.4 Å². The molecule has 0 aliphatic heterocycles. The van der Waals surface area contributed by atoms with Gasteiger partial charge in [-0.1, -0.05) is 23.8 Å². The quantitative estimate of drug-likeness (QED) is 0.873. The molecule has 104 valence electrons. The SMILES string of the molecule is COc1ccc(N(C)c2ccc(C(N)=S)c(Cl)c2)cc1. The molecule has 0 fully saturated rings. The van der Waals surface area contributed by atoms with Gasteiger partial charge in [-0.2, -0.15) is 0 Å². The van der Waals surface area contributed by atoms with Gasteiger partial charge in [-0.3, -0.25) is 0 Å². The van der Waals surface area contributed by atoms with E-state index >= 15 is 0 Å². The molecule has 0 atom stereocenters. The molecule has 0 spiro atoms.